The van der Waals surface area contributed by atoms with Gasteiger partial charge in [-0.25, -0.2) is 4.79 Å². The molecule has 1 saturated heterocycles. The van der Waals surface area contributed by atoms with Crippen LogP contribution in [0.3, 0.4) is 0 Å². The van der Waals surface area contributed by atoms with Gasteiger partial charge in [-0.2, -0.15) is 0 Å². The predicted octanol–water partition coefficient (Wildman–Crippen LogP) is 3.01. The van der Waals surface area contributed by atoms with E-state index in [4.69, 9.17) is 5.73 Å². The van der Waals surface area contributed by atoms with Crippen molar-refractivity contribution in [1.82, 2.24) is 15.2 Å². The fraction of sp³-hybridized carbons (Fsp3) is 0.350. The highest BCUT2D eigenvalue weighted by Crippen LogP contribution is 2.31. The Morgan fingerprint density at radius 1 is 1.08 bits per heavy atom. The Morgan fingerprint density at radius 3 is 2.50 bits per heavy atom. The summed E-state index contributed by atoms with van der Waals surface area (Å²) in [6.07, 6.45) is 7.81. The summed E-state index contributed by atoms with van der Waals surface area (Å²) < 4.78 is 0. The number of carbonyl (C=O) groups is 2. The molecule has 6 heteroatoms. The van der Waals surface area contributed by atoms with Crippen LogP contribution in [0.4, 0.5) is 4.79 Å². The molecule has 1 aromatic carbocycles. The normalized spacial score (nSPS) is 17.4. The average molecular weight is 352 g/mol. The molecule has 1 aliphatic rings. The predicted molar refractivity (Wildman–Crippen MR) is 99.3 cm³/mol. The number of likely N-dealkylation sites (tertiary alicyclic amines) is 1. The average Bonchev–Trinajstić information content (AvgIpc) is 2.93. The number of nitrogens with zero attached hydrogens (tertiary/aromatic N) is 2. The summed E-state index contributed by atoms with van der Waals surface area (Å²) in [5, 5.41) is 2.55. The maximum atomic E-state index is 13.1. The molecule has 0 unspecified atom stereocenters. The van der Waals surface area contributed by atoms with Gasteiger partial charge < -0.3 is 16.0 Å². The van der Waals surface area contributed by atoms with Crippen LogP contribution < -0.4 is 11.1 Å². The molecule has 1 fully saturated rings. The van der Waals surface area contributed by atoms with E-state index < -0.39 is 6.03 Å². The van der Waals surface area contributed by atoms with Crippen molar-refractivity contribution in [2.45, 2.75) is 38.3 Å². The molecule has 136 valence electrons. The Morgan fingerprint density at radius 2 is 1.81 bits per heavy atom. The van der Waals surface area contributed by atoms with Gasteiger partial charge in [0, 0.05) is 31.0 Å². The van der Waals surface area contributed by atoms with Crippen LogP contribution in [0, 0.1) is 0 Å². The lowest BCUT2D eigenvalue weighted by Gasteiger charge is -2.30. The van der Waals surface area contributed by atoms with Gasteiger partial charge in [0.15, 0.2) is 0 Å². The van der Waals surface area contributed by atoms with Gasteiger partial charge in [-0.1, -0.05) is 25.0 Å². The van der Waals surface area contributed by atoms with Gasteiger partial charge in [0.25, 0.3) is 5.91 Å². The highest BCUT2D eigenvalue weighted by molar-refractivity contribution is 5.94. The molecule has 0 aliphatic carbocycles. The van der Waals surface area contributed by atoms with E-state index in [2.05, 4.69) is 10.3 Å². The zero-order valence-electron chi connectivity index (χ0n) is 14.7. The molecule has 2 heterocycles. The summed E-state index contributed by atoms with van der Waals surface area (Å²) in [6, 6.07) is 10.8. The molecule has 0 radical (unpaired) electrons. The fourth-order valence-corrected chi connectivity index (χ4v) is 3.40. The number of benzene rings is 1. The highest BCUT2D eigenvalue weighted by atomic mass is 16.2. The van der Waals surface area contributed by atoms with Crippen LogP contribution >= 0.6 is 0 Å². The highest BCUT2D eigenvalue weighted by Gasteiger charge is 2.27. The Bertz CT molecular complexity index is 746. The van der Waals surface area contributed by atoms with Crippen LogP contribution in [0.1, 0.15) is 53.2 Å². The van der Waals surface area contributed by atoms with Crippen LogP contribution in [0.5, 0.6) is 0 Å². The summed E-state index contributed by atoms with van der Waals surface area (Å²) in [5.41, 5.74) is 7.79. The summed E-state index contributed by atoms with van der Waals surface area (Å²) in [7, 11) is 0. The minimum atomic E-state index is -0.560. The number of hydrogen-bond donors (Lipinski definition) is 2. The molecule has 3 N–H and O–H groups in total. The Hall–Kier alpha value is -2.89. The van der Waals surface area contributed by atoms with Crippen molar-refractivity contribution in [3.05, 3.63) is 65.5 Å². The van der Waals surface area contributed by atoms with Gasteiger partial charge in [-0.15, -0.1) is 0 Å². The van der Waals surface area contributed by atoms with E-state index in [1.807, 2.05) is 41.3 Å². The summed E-state index contributed by atoms with van der Waals surface area (Å²) in [6.45, 7) is 1.12. The Kier molecular flexibility index (Phi) is 5.84. The number of rotatable bonds is 4. The van der Waals surface area contributed by atoms with Crippen LogP contribution in [0.2, 0.25) is 0 Å². The first-order chi connectivity index (χ1) is 12.6. The number of primary amides is 1. The molecule has 1 aromatic heterocycles. The molecular formula is C20H24N4O2. The first-order valence-electron chi connectivity index (χ1n) is 8.98. The van der Waals surface area contributed by atoms with Crippen molar-refractivity contribution in [3.63, 3.8) is 0 Å². The maximum Gasteiger partial charge on any atom is 0.312 e. The van der Waals surface area contributed by atoms with Crippen LogP contribution in [-0.2, 0) is 6.54 Å². The van der Waals surface area contributed by atoms with Crippen LogP contribution in [0.15, 0.2) is 48.8 Å². The maximum absolute atomic E-state index is 13.1. The third-order valence-corrected chi connectivity index (χ3v) is 4.77. The van der Waals surface area contributed by atoms with E-state index in [1.54, 1.807) is 12.4 Å². The zero-order valence-corrected chi connectivity index (χ0v) is 14.7. The van der Waals surface area contributed by atoms with E-state index in [-0.39, 0.29) is 11.9 Å². The van der Waals surface area contributed by atoms with E-state index >= 15 is 0 Å². The molecule has 1 aliphatic heterocycles. The third-order valence-electron chi connectivity index (χ3n) is 4.77. The Labute approximate surface area is 153 Å². The zero-order chi connectivity index (χ0) is 18.4. The SMILES string of the molecule is NC(=O)NCc1ccc(C(=O)N2CCCCC[C@H]2c2ccncc2)cc1. The van der Waals surface area contributed by atoms with Crippen molar-refractivity contribution in [1.29, 1.82) is 0 Å². The van der Waals surface area contributed by atoms with Crippen LogP contribution in [-0.4, -0.2) is 28.4 Å². The molecule has 3 rings (SSSR count). The van der Waals surface area contributed by atoms with E-state index in [9.17, 15) is 9.59 Å². The van der Waals surface area contributed by atoms with Gasteiger partial charge in [0.05, 0.1) is 6.04 Å². The first kappa shape index (κ1) is 17.9. The smallest absolute Gasteiger partial charge is 0.312 e. The standard InChI is InChI=1S/C20H24N4O2/c21-20(26)23-14-15-5-7-17(8-6-15)19(25)24-13-3-1-2-4-18(24)16-9-11-22-12-10-16/h5-12,18H,1-4,13-14H2,(H3,21,23,26)/t18-/m0/s1. The molecule has 2 aromatic rings. The first-order valence-corrected chi connectivity index (χ1v) is 8.98. The number of amides is 3. The number of urea groups is 1. The van der Waals surface area contributed by atoms with E-state index in [0.29, 0.717) is 12.1 Å². The number of nitrogens with one attached hydrogen (secondary N) is 1. The quantitative estimate of drug-likeness (QED) is 0.886. The number of carbonyl (C=O) groups excluding carboxylic acids is 2. The minimum Gasteiger partial charge on any atom is -0.352 e. The largest absolute Gasteiger partial charge is 0.352 e. The number of aromatic nitrogens is 1. The van der Waals surface area contributed by atoms with Gasteiger partial charge in [0.1, 0.15) is 0 Å². The molecule has 6 nitrogen and oxygen atoms in total. The summed E-state index contributed by atoms with van der Waals surface area (Å²) in [5.74, 6) is 0.0446. The van der Waals surface area contributed by atoms with Crippen molar-refractivity contribution >= 4 is 11.9 Å². The molecule has 0 saturated carbocycles. The second-order valence-corrected chi connectivity index (χ2v) is 6.56. The summed E-state index contributed by atoms with van der Waals surface area (Å²) in [4.78, 5) is 30.0. The van der Waals surface area contributed by atoms with Crippen molar-refractivity contribution in [3.8, 4) is 0 Å². The van der Waals surface area contributed by atoms with Gasteiger partial charge >= 0.3 is 6.03 Å². The lowest BCUT2D eigenvalue weighted by molar-refractivity contribution is 0.0681. The second-order valence-electron chi connectivity index (χ2n) is 6.56. The Balaban J connectivity index is 1.78. The van der Waals surface area contributed by atoms with Gasteiger partial charge in [0.2, 0.25) is 0 Å². The topological polar surface area (TPSA) is 88.3 Å². The molecule has 1 atom stereocenters. The fourth-order valence-electron chi connectivity index (χ4n) is 3.40. The van der Waals surface area contributed by atoms with Crippen LogP contribution in [0.25, 0.3) is 0 Å². The minimum absolute atomic E-state index is 0.0446. The third kappa shape index (κ3) is 4.39. The van der Waals surface area contributed by atoms with E-state index in [1.165, 1.54) is 0 Å². The van der Waals surface area contributed by atoms with Gasteiger partial charge in [-0.3, -0.25) is 9.78 Å². The molecule has 0 bridgehead atoms. The number of nitrogens with two attached hydrogens (primary N) is 1. The lowest BCUT2D eigenvalue weighted by Crippen LogP contribution is -2.34. The van der Waals surface area contributed by atoms with Crippen molar-refractivity contribution < 1.29 is 9.59 Å². The second kappa shape index (κ2) is 8.47. The molecule has 26 heavy (non-hydrogen) atoms. The molecular weight excluding hydrogens is 328 g/mol. The number of pyridine rings is 1. The molecule has 0 spiro atoms. The van der Waals surface area contributed by atoms with Crippen molar-refractivity contribution in [2.24, 2.45) is 5.73 Å². The lowest BCUT2D eigenvalue weighted by atomic mass is 10.0. The number of hydrogen-bond acceptors (Lipinski definition) is 3. The summed E-state index contributed by atoms with van der Waals surface area (Å²) >= 11 is 0. The van der Waals surface area contributed by atoms with Gasteiger partial charge in [-0.05, 0) is 48.2 Å². The van der Waals surface area contributed by atoms with E-state index in [0.717, 1.165) is 43.4 Å². The van der Waals surface area contributed by atoms with Crippen molar-refractivity contribution in [2.75, 3.05) is 6.54 Å². The monoisotopic (exact) mass is 352 g/mol. The molecule has 3 amide bonds.